The molecule has 0 radical (unpaired) electrons. The molecule has 1 aromatic carbocycles. The molecule has 0 unspecified atom stereocenters. The summed E-state index contributed by atoms with van der Waals surface area (Å²) in [7, 11) is 4.82. The number of methoxy groups -OCH3 is 3. The lowest BCUT2D eigenvalue weighted by atomic mass is 10.1. The van der Waals surface area contributed by atoms with Crippen LogP contribution in [-0.4, -0.2) is 27.6 Å². The maximum absolute atomic E-state index is 10.3. The summed E-state index contributed by atoms with van der Waals surface area (Å²) in [6.45, 7) is 2.04. The molecule has 4 heteroatoms. The number of carbonyl (C=O) groups is 1. The molecule has 0 aliphatic heterocycles. The van der Waals surface area contributed by atoms with Gasteiger partial charge in [0.15, 0.2) is 11.5 Å². The molecule has 0 N–H and O–H groups in total. The number of hydrogen-bond donors (Lipinski definition) is 0. The molecule has 0 saturated carbocycles. The van der Waals surface area contributed by atoms with Gasteiger partial charge in [0.2, 0.25) is 5.75 Å². The first-order chi connectivity index (χ1) is 12.2. The standard InChI is InChI=1S/C21H28O4/c1-17(12-10-14-22)11-8-6-5-7-9-13-18-15-19(23-2)21(25-4)20(16-18)24-3/h6,8-9,11,13-16H,5,7,10,12H2,1-4H3/b8-6+,13-9-,17-11+. The largest absolute Gasteiger partial charge is 0.493 e. The van der Waals surface area contributed by atoms with Gasteiger partial charge in [0.05, 0.1) is 21.3 Å². The van der Waals surface area contributed by atoms with Gasteiger partial charge in [0.1, 0.15) is 6.29 Å². The number of benzene rings is 1. The summed E-state index contributed by atoms with van der Waals surface area (Å²) >= 11 is 0. The fraction of sp³-hybridized carbons (Fsp3) is 0.381. The van der Waals surface area contributed by atoms with E-state index in [-0.39, 0.29) is 0 Å². The summed E-state index contributed by atoms with van der Waals surface area (Å²) in [6, 6.07) is 3.85. The van der Waals surface area contributed by atoms with Crippen molar-refractivity contribution < 1.29 is 19.0 Å². The van der Waals surface area contributed by atoms with E-state index < -0.39 is 0 Å². The van der Waals surface area contributed by atoms with Gasteiger partial charge in [-0.3, -0.25) is 0 Å². The average Bonchev–Trinajstić information content (AvgIpc) is 2.64. The number of ether oxygens (including phenoxy) is 3. The normalized spacial score (nSPS) is 11.9. The van der Waals surface area contributed by atoms with Crippen molar-refractivity contribution in [3.8, 4) is 17.2 Å². The molecular weight excluding hydrogens is 316 g/mol. The minimum atomic E-state index is 0.591. The van der Waals surface area contributed by atoms with Gasteiger partial charge in [-0.05, 0) is 43.9 Å². The molecule has 136 valence electrons. The summed E-state index contributed by atoms with van der Waals surface area (Å²) in [5.41, 5.74) is 2.22. The molecule has 0 atom stereocenters. The first kappa shape index (κ1) is 20.6. The Morgan fingerprint density at radius 1 is 0.960 bits per heavy atom. The highest BCUT2D eigenvalue weighted by molar-refractivity contribution is 5.62. The predicted molar refractivity (Wildman–Crippen MR) is 103 cm³/mol. The molecule has 25 heavy (non-hydrogen) atoms. The molecular formula is C21H28O4. The lowest BCUT2D eigenvalue weighted by Gasteiger charge is -2.12. The quantitative estimate of drug-likeness (QED) is 0.322. The zero-order valence-corrected chi connectivity index (χ0v) is 15.6. The molecule has 4 nitrogen and oxygen atoms in total. The van der Waals surface area contributed by atoms with E-state index in [9.17, 15) is 4.79 Å². The van der Waals surface area contributed by atoms with E-state index in [1.807, 2.05) is 31.2 Å². The van der Waals surface area contributed by atoms with Crippen LogP contribution in [0, 0.1) is 0 Å². The Morgan fingerprint density at radius 3 is 2.16 bits per heavy atom. The van der Waals surface area contributed by atoms with Gasteiger partial charge in [-0.1, -0.05) is 36.0 Å². The van der Waals surface area contributed by atoms with E-state index >= 15 is 0 Å². The summed E-state index contributed by atoms with van der Waals surface area (Å²) in [5.74, 6) is 1.90. The molecule has 0 aliphatic carbocycles. The SMILES string of the molecule is COc1cc(/C=C\CC/C=C/C=C(\C)CCC=O)cc(OC)c1OC. The lowest BCUT2D eigenvalue weighted by molar-refractivity contribution is -0.107. The highest BCUT2D eigenvalue weighted by atomic mass is 16.5. The number of hydrogen-bond acceptors (Lipinski definition) is 4. The Kier molecular flexibility index (Phi) is 9.83. The fourth-order valence-electron chi connectivity index (χ4n) is 2.31. The van der Waals surface area contributed by atoms with Gasteiger partial charge in [-0.25, -0.2) is 0 Å². The first-order valence-electron chi connectivity index (χ1n) is 8.38. The third kappa shape index (κ3) is 7.29. The maximum Gasteiger partial charge on any atom is 0.203 e. The molecule has 1 rings (SSSR count). The van der Waals surface area contributed by atoms with E-state index in [1.165, 1.54) is 5.57 Å². The summed E-state index contributed by atoms with van der Waals surface area (Å²) in [4.78, 5) is 10.3. The number of allylic oxidation sites excluding steroid dienone is 5. The van der Waals surface area contributed by atoms with Crippen LogP contribution in [0.3, 0.4) is 0 Å². The highest BCUT2D eigenvalue weighted by Gasteiger charge is 2.11. The first-order valence-corrected chi connectivity index (χ1v) is 8.38. The van der Waals surface area contributed by atoms with Gasteiger partial charge in [0, 0.05) is 6.42 Å². The van der Waals surface area contributed by atoms with Crippen molar-refractivity contribution in [2.75, 3.05) is 21.3 Å². The molecule has 0 fully saturated rings. The number of rotatable bonds is 11. The zero-order valence-electron chi connectivity index (χ0n) is 15.6. The summed E-state index contributed by atoms with van der Waals surface area (Å²) < 4.78 is 16.0. The van der Waals surface area contributed by atoms with Crippen LogP contribution >= 0.6 is 0 Å². The Morgan fingerprint density at radius 2 is 1.60 bits per heavy atom. The molecule has 0 aliphatic rings. The highest BCUT2D eigenvalue weighted by Crippen LogP contribution is 2.38. The average molecular weight is 344 g/mol. The third-order valence-electron chi connectivity index (χ3n) is 3.67. The van der Waals surface area contributed by atoms with E-state index in [2.05, 4.69) is 18.2 Å². The van der Waals surface area contributed by atoms with Gasteiger partial charge < -0.3 is 19.0 Å². The van der Waals surface area contributed by atoms with Crippen molar-refractivity contribution in [3.63, 3.8) is 0 Å². The van der Waals surface area contributed by atoms with Gasteiger partial charge in [-0.15, -0.1) is 0 Å². The minimum absolute atomic E-state index is 0.591. The van der Waals surface area contributed by atoms with Crippen molar-refractivity contribution in [1.82, 2.24) is 0 Å². The van der Waals surface area contributed by atoms with Crippen LogP contribution in [0.2, 0.25) is 0 Å². The summed E-state index contributed by atoms with van der Waals surface area (Å²) in [5, 5.41) is 0. The summed E-state index contributed by atoms with van der Waals surface area (Å²) in [6.07, 6.45) is 14.7. The molecule has 0 saturated heterocycles. The second-order valence-corrected chi connectivity index (χ2v) is 5.58. The minimum Gasteiger partial charge on any atom is -0.493 e. The van der Waals surface area contributed by atoms with Crippen LogP contribution in [0.5, 0.6) is 17.2 Å². The molecule has 0 bridgehead atoms. The Labute approximate surface area is 150 Å². The smallest absolute Gasteiger partial charge is 0.203 e. The molecule has 0 heterocycles. The van der Waals surface area contributed by atoms with E-state index in [0.29, 0.717) is 23.7 Å². The second-order valence-electron chi connectivity index (χ2n) is 5.58. The second kappa shape index (κ2) is 12.0. The molecule has 1 aromatic rings. The van der Waals surface area contributed by atoms with Gasteiger partial charge in [0.25, 0.3) is 0 Å². The van der Waals surface area contributed by atoms with E-state index in [0.717, 1.165) is 31.1 Å². The van der Waals surface area contributed by atoms with E-state index in [4.69, 9.17) is 14.2 Å². The monoisotopic (exact) mass is 344 g/mol. The Balaban J connectivity index is 2.58. The van der Waals surface area contributed by atoms with Crippen molar-refractivity contribution in [1.29, 1.82) is 0 Å². The number of carbonyl (C=O) groups excluding carboxylic acids is 1. The van der Waals surface area contributed by atoms with Crippen molar-refractivity contribution in [2.45, 2.75) is 32.6 Å². The predicted octanol–water partition coefficient (Wildman–Crippen LogP) is 4.99. The van der Waals surface area contributed by atoms with Crippen molar-refractivity contribution in [2.24, 2.45) is 0 Å². The van der Waals surface area contributed by atoms with Crippen molar-refractivity contribution in [3.05, 3.63) is 47.6 Å². The van der Waals surface area contributed by atoms with E-state index in [1.54, 1.807) is 21.3 Å². The number of aldehydes is 1. The van der Waals surface area contributed by atoms with Crippen LogP contribution < -0.4 is 14.2 Å². The van der Waals surface area contributed by atoms with Crippen LogP contribution in [0.1, 0.15) is 38.2 Å². The maximum atomic E-state index is 10.3. The van der Waals surface area contributed by atoms with Gasteiger partial charge >= 0.3 is 0 Å². The van der Waals surface area contributed by atoms with Crippen LogP contribution in [0.15, 0.2) is 42.0 Å². The molecule has 0 aromatic heterocycles. The third-order valence-corrected chi connectivity index (χ3v) is 3.67. The lowest BCUT2D eigenvalue weighted by Crippen LogP contribution is -1.95. The van der Waals surface area contributed by atoms with Gasteiger partial charge in [-0.2, -0.15) is 0 Å². The fourth-order valence-corrected chi connectivity index (χ4v) is 2.31. The van der Waals surface area contributed by atoms with Crippen LogP contribution in [-0.2, 0) is 4.79 Å². The van der Waals surface area contributed by atoms with Crippen molar-refractivity contribution >= 4 is 12.4 Å². The topological polar surface area (TPSA) is 44.8 Å². The molecule has 0 amide bonds. The zero-order chi connectivity index (χ0) is 18.5. The van der Waals surface area contributed by atoms with Crippen LogP contribution in [0.4, 0.5) is 0 Å². The Hall–Kier alpha value is -2.49. The molecule has 0 spiro atoms. The number of unbranched alkanes of at least 4 members (excludes halogenated alkanes) is 1. The Bertz CT molecular complexity index is 602. The van der Waals surface area contributed by atoms with Crippen LogP contribution in [0.25, 0.3) is 6.08 Å².